The second kappa shape index (κ2) is 7.98. The third-order valence-electron chi connectivity index (χ3n) is 3.14. The van der Waals surface area contributed by atoms with Crippen LogP contribution in [0.15, 0.2) is 48.5 Å². The van der Waals surface area contributed by atoms with Gasteiger partial charge in [-0.1, -0.05) is 29.8 Å². The van der Waals surface area contributed by atoms with Crippen LogP contribution < -0.4 is 15.4 Å². The number of amides is 2. The Balaban J connectivity index is 1.71. The molecule has 0 saturated heterocycles. The molecule has 2 rings (SSSR count). The van der Waals surface area contributed by atoms with Gasteiger partial charge in [-0.3, -0.25) is 9.59 Å². The Bertz CT molecular complexity index is 681. The molecule has 5 nitrogen and oxygen atoms in total. The van der Waals surface area contributed by atoms with E-state index in [1.54, 1.807) is 18.2 Å². The third-order valence-corrected chi connectivity index (χ3v) is 3.14. The van der Waals surface area contributed by atoms with Crippen LogP contribution in [0.2, 0.25) is 0 Å². The molecule has 0 atom stereocenters. The summed E-state index contributed by atoms with van der Waals surface area (Å²) in [6, 6.07) is 14.9. The number of benzene rings is 2. The first-order valence-corrected chi connectivity index (χ1v) is 7.35. The zero-order valence-electron chi connectivity index (χ0n) is 13.3. The molecule has 2 N–H and O–H groups in total. The van der Waals surface area contributed by atoms with Gasteiger partial charge in [0.05, 0.1) is 6.54 Å². The van der Waals surface area contributed by atoms with Gasteiger partial charge in [0.1, 0.15) is 5.75 Å². The van der Waals surface area contributed by atoms with Gasteiger partial charge in [-0.15, -0.1) is 0 Å². The molecule has 2 aromatic carbocycles. The predicted molar refractivity (Wildman–Crippen MR) is 89.5 cm³/mol. The monoisotopic (exact) mass is 312 g/mol. The fraction of sp³-hybridized carbons (Fsp3) is 0.222. The molecule has 120 valence electrons. The lowest BCUT2D eigenvalue weighted by molar-refractivity contribution is -0.125. The minimum atomic E-state index is -0.343. The first-order chi connectivity index (χ1) is 11.0. The minimum Gasteiger partial charge on any atom is -0.484 e. The first-order valence-electron chi connectivity index (χ1n) is 7.35. The highest BCUT2D eigenvalue weighted by molar-refractivity contribution is 5.94. The van der Waals surface area contributed by atoms with Crippen molar-refractivity contribution in [3.05, 3.63) is 59.7 Å². The van der Waals surface area contributed by atoms with Crippen LogP contribution in [-0.2, 0) is 9.59 Å². The van der Waals surface area contributed by atoms with E-state index in [0.717, 1.165) is 11.1 Å². The number of ether oxygens (including phenoxy) is 1. The van der Waals surface area contributed by atoms with Gasteiger partial charge in [0.15, 0.2) is 6.61 Å². The zero-order chi connectivity index (χ0) is 16.7. The Morgan fingerprint density at radius 1 is 0.957 bits per heavy atom. The summed E-state index contributed by atoms with van der Waals surface area (Å²) < 4.78 is 5.35. The molecule has 0 heterocycles. The van der Waals surface area contributed by atoms with Crippen molar-refractivity contribution in [1.82, 2.24) is 5.32 Å². The summed E-state index contributed by atoms with van der Waals surface area (Å²) in [6.07, 6.45) is 0. The van der Waals surface area contributed by atoms with Crippen molar-refractivity contribution >= 4 is 17.5 Å². The number of carbonyl (C=O) groups is 2. The van der Waals surface area contributed by atoms with Crippen LogP contribution in [0.3, 0.4) is 0 Å². The van der Waals surface area contributed by atoms with E-state index in [-0.39, 0.29) is 25.0 Å². The molecule has 23 heavy (non-hydrogen) atoms. The molecule has 0 aliphatic heterocycles. The molecule has 2 amide bonds. The van der Waals surface area contributed by atoms with Crippen LogP contribution in [0, 0.1) is 13.8 Å². The summed E-state index contributed by atoms with van der Waals surface area (Å²) in [5, 5.41) is 5.25. The van der Waals surface area contributed by atoms with E-state index in [2.05, 4.69) is 10.6 Å². The molecule has 0 aliphatic rings. The molecule has 0 aliphatic carbocycles. The Morgan fingerprint density at radius 2 is 1.70 bits per heavy atom. The maximum atomic E-state index is 11.8. The maximum absolute atomic E-state index is 11.8. The van der Waals surface area contributed by atoms with E-state index in [4.69, 9.17) is 4.74 Å². The van der Waals surface area contributed by atoms with Crippen molar-refractivity contribution in [2.24, 2.45) is 0 Å². The Labute approximate surface area is 135 Å². The molecule has 5 heteroatoms. The molecule has 0 bridgehead atoms. The summed E-state index contributed by atoms with van der Waals surface area (Å²) in [7, 11) is 0. The van der Waals surface area contributed by atoms with E-state index in [1.807, 2.05) is 44.2 Å². The first kappa shape index (κ1) is 16.5. The van der Waals surface area contributed by atoms with Crippen molar-refractivity contribution in [2.75, 3.05) is 18.5 Å². The summed E-state index contributed by atoms with van der Waals surface area (Å²) in [6.45, 7) is 3.70. The number of rotatable bonds is 6. The number of anilines is 1. The van der Waals surface area contributed by atoms with Crippen LogP contribution >= 0.6 is 0 Å². The fourth-order valence-corrected chi connectivity index (χ4v) is 1.94. The maximum Gasteiger partial charge on any atom is 0.258 e. The smallest absolute Gasteiger partial charge is 0.258 e. The predicted octanol–water partition coefficient (Wildman–Crippen LogP) is 2.44. The van der Waals surface area contributed by atoms with Crippen LogP contribution in [0.25, 0.3) is 0 Å². The van der Waals surface area contributed by atoms with Crippen molar-refractivity contribution in [3.63, 3.8) is 0 Å². The SMILES string of the molecule is Cc1ccc(OCC(=O)NCC(=O)Nc2cccc(C)c2)cc1. The van der Waals surface area contributed by atoms with E-state index in [1.165, 1.54) is 0 Å². The number of hydrogen-bond acceptors (Lipinski definition) is 3. The average molecular weight is 312 g/mol. The van der Waals surface area contributed by atoms with Crippen LogP contribution in [0.1, 0.15) is 11.1 Å². The minimum absolute atomic E-state index is 0.0932. The molecule has 2 aromatic rings. The Morgan fingerprint density at radius 3 is 2.39 bits per heavy atom. The largest absolute Gasteiger partial charge is 0.484 e. The topological polar surface area (TPSA) is 67.4 Å². The van der Waals surface area contributed by atoms with Gasteiger partial charge in [-0.25, -0.2) is 0 Å². The molecule has 0 aromatic heterocycles. The lowest BCUT2D eigenvalue weighted by atomic mass is 10.2. The number of aryl methyl sites for hydroxylation is 2. The highest BCUT2D eigenvalue weighted by atomic mass is 16.5. The molecular formula is C18H20N2O3. The molecule has 0 spiro atoms. The second-order valence-electron chi connectivity index (χ2n) is 5.30. The summed E-state index contributed by atoms with van der Waals surface area (Å²) in [5.41, 5.74) is 2.88. The van der Waals surface area contributed by atoms with E-state index in [9.17, 15) is 9.59 Å². The summed E-state index contributed by atoms with van der Waals surface area (Å²) in [4.78, 5) is 23.5. The van der Waals surface area contributed by atoms with Gasteiger partial charge in [-0.2, -0.15) is 0 Å². The third kappa shape index (κ3) is 5.82. The zero-order valence-corrected chi connectivity index (χ0v) is 13.3. The average Bonchev–Trinajstić information content (AvgIpc) is 2.52. The molecular weight excluding hydrogens is 292 g/mol. The Hall–Kier alpha value is -2.82. The van der Waals surface area contributed by atoms with Crippen LogP contribution in [0.5, 0.6) is 5.75 Å². The normalized spacial score (nSPS) is 10.0. The van der Waals surface area contributed by atoms with Crippen molar-refractivity contribution in [3.8, 4) is 5.75 Å². The molecule has 0 unspecified atom stereocenters. The quantitative estimate of drug-likeness (QED) is 0.861. The van der Waals surface area contributed by atoms with Gasteiger partial charge in [0.25, 0.3) is 5.91 Å². The standard InChI is InChI=1S/C18H20N2O3/c1-13-6-8-16(9-7-13)23-12-18(22)19-11-17(21)20-15-5-3-4-14(2)10-15/h3-10H,11-12H2,1-2H3,(H,19,22)(H,20,21). The second-order valence-corrected chi connectivity index (χ2v) is 5.30. The van der Waals surface area contributed by atoms with Crippen LogP contribution in [0.4, 0.5) is 5.69 Å². The van der Waals surface area contributed by atoms with Gasteiger partial charge in [-0.05, 0) is 43.7 Å². The van der Waals surface area contributed by atoms with E-state index < -0.39 is 0 Å². The van der Waals surface area contributed by atoms with Gasteiger partial charge < -0.3 is 15.4 Å². The molecule has 0 radical (unpaired) electrons. The van der Waals surface area contributed by atoms with Gasteiger partial charge in [0, 0.05) is 5.69 Å². The van der Waals surface area contributed by atoms with Crippen molar-refractivity contribution in [2.45, 2.75) is 13.8 Å². The molecule has 0 saturated carbocycles. The number of carbonyl (C=O) groups excluding carboxylic acids is 2. The van der Waals surface area contributed by atoms with E-state index in [0.29, 0.717) is 11.4 Å². The van der Waals surface area contributed by atoms with Gasteiger partial charge in [0.2, 0.25) is 5.91 Å². The van der Waals surface area contributed by atoms with Crippen molar-refractivity contribution in [1.29, 1.82) is 0 Å². The van der Waals surface area contributed by atoms with E-state index >= 15 is 0 Å². The highest BCUT2D eigenvalue weighted by Gasteiger charge is 2.07. The summed E-state index contributed by atoms with van der Waals surface area (Å²) >= 11 is 0. The molecule has 0 fully saturated rings. The van der Waals surface area contributed by atoms with Crippen LogP contribution in [-0.4, -0.2) is 25.0 Å². The van der Waals surface area contributed by atoms with Gasteiger partial charge >= 0.3 is 0 Å². The summed E-state index contributed by atoms with van der Waals surface area (Å²) in [5.74, 6) is -0.000726. The Kier molecular flexibility index (Phi) is 5.74. The lowest BCUT2D eigenvalue weighted by Gasteiger charge is -2.09. The number of nitrogens with one attached hydrogen (secondary N) is 2. The highest BCUT2D eigenvalue weighted by Crippen LogP contribution is 2.11. The fourth-order valence-electron chi connectivity index (χ4n) is 1.94. The van der Waals surface area contributed by atoms with Crippen molar-refractivity contribution < 1.29 is 14.3 Å². The number of hydrogen-bond donors (Lipinski definition) is 2. The lowest BCUT2D eigenvalue weighted by Crippen LogP contribution is -2.35.